The highest BCUT2D eigenvalue weighted by atomic mass is 16.2. The van der Waals surface area contributed by atoms with E-state index in [9.17, 15) is 14.4 Å². The predicted molar refractivity (Wildman–Crippen MR) is 89.5 cm³/mol. The Labute approximate surface area is 133 Å². The van der Waals surface area contributed by atoms with Crippen molar-refractivity contribution in [2.24, 2.45) is 5.92 Å². The number of hydrogen-bond acceptors (Lipinski definition) is 3. The first-order valence-corrected chi connectivity index (χ1v) is 7.34. The molecule has 0 radical (unpaired) electrons. The van der Waals surface area contributed by atoms with Crippen molar-refractivity contribution in [3.8, 4) is 0 Å². The number of benzene rings is 1. The van der Waals surface area contributed by atoms with Crippen LogP contribution in [-0.4, -0.2) is 16.8 Å². The highest BCUT2D eigenvalue weighted by molar-refractivity contribution is 6.04. The lowest BCUT2D eigenvalue weighted by atomic mass is 10.1. The average molecular weight is 313 g/mol. The molecule has 6 heteroatoms. The van der Waals surface area contributed by atoms with Gasteiger partial charge in [0, 0.05) is 30.1 Å². The zero-order valence-electron chi connectivity index (χ0n) is 13.1. The van der Waals surface area contributed by atoms with Crippen LogP contribution in [0.25, 0.3) is 0 Å². The number of pyridine rings is 1. The molecular formula is C17H19N3O3. The molecular weight excluding hydrogens is 294 g/mol. The first-order chi connectivity index (χ1) is 10.9. The van der Waals surface area contributed by atoms with Crippen molar-refractivity contribution in [3.05, 3.63) is 58.5 Å². The van der Waals surface area contributed by atoms with Gasteiger partial charge in [-0.3, -0.25) is 14.4 Å². The standard InChI is InChI=1S/C17H19N3O3/c1-11(2)9-16(22)19-13-4-6-14(7-5-13)20-17(23)12-3-8-15(21)18-10-12/h3-8,10-11H,9H2,1-2H3,(H,18,21)(H,19,22)(H,20,23). The molecule has 0 spiro atoms. The zero-order valence-corrected chi connectivity index (χ0v) is 13.1. The van der Waals surface area contributed by atoms with Gasteiger partial charge in [0.25, 0.3) is 5.91 Å². The highest BCUT2D eigenvalue weighted by Gasteiger charge is 2.07. The molecule has 1 aromatic carbocycles. The molecule has 0 fully saturated rings. The molecule has 0 unspecified atom stereocenters. The van der Waals surface area contributed by atoms with E-state index in [1.165, 1.54) is 18.3 Å². The quantitative estimate of drug-likeness (QED) is 0.792. The molecule has 0 bridgehead atoms. The fourth-order valence-electron chi connectivity index (χ4n) is 1.97. The molecule has 3 N–H and O–H groups in total. The number of H-pyrrole nitrogens is 1. The van der Waals surface area contributed by atoms with Gasteiger partial charge in [-0.1, -0.05) is 13.8 Å². The van der Waals surface area contributed by atoms with Crippen LogP contribution >= 0.6 is 0 Å². The second kappa shape index (κ2) is 7.40. The molecule has 0 aliphatic heterocycles. The maximum Gasteiger partial charge on any atom is 0.257 e. The van der Waals surface area contributed by atoms with Gasteiger partial charge in [0.15, 0.2) is 0 Å². The van der Waals surface area contributed by atoms with Gasteiger partial charge >= 0.3 is 0 Å². The van der Waals surface area contributed by atoms with Crippen LogP contribution in [0.15, 0.2) is 47.4 Å². The van der Waals surface area contributed by atoms with Gasteiger partial charge in [-0.15, -0.1) is 0 Å². The Bertz CT molecular complexity index is 728. The average Bonchev–Trinajstić information content (AvgIpc) is 2.49. The van der Waals surface area contributed by atoms with Crippen molar-refractivity contribution in [1.29, 1.82) is 0 Å². The van der Waals surface area contributed by atoms with Gasteiger partial charge in [-0.05, 0) is 36.2 Å². The van der Waals surface area contributed by atoms with Crippen molar-refractivity contribution >= 4 is 23.2 Å². The smallest absolute Gasteiger partial charge is 0.257 e. The van der Waals surface area contributed by atoms with Gasteiger partial charge in [0.2, 0.25) is 11.5 Å². The minimum atomic E-state index is -0.321. The minimum absolute atomic E-state index is 0.0370. The summed E-state index contributed by atoms with van der Waals surface area (Å²) in [5, 5.41) is 5.52. The number of anilines is 2. The van der Waals surface area contributed by atoms with Crippen molar-refractivity contribution in [1.82, 2.24) is 4.98 Å². The summed E-state index contributed by atoms with van der Waals surface area (Å²) in [6.45, 7) is 3.96. The summed E-state index contributed by atoms with van der Waals surface area (Å²) in [6.07, 6.45) is 1.82. The first kappa shape index (κ1) is 16.5. The zero-order chi connectivity index (χ0) is 16.8. The van der Waals surface area contributed by atoms with Gasteiger partial charge in [-0.25, -0.2) is 0 Å². The Morgan fingerprint density at radius 2 is 1.61 bits per heavy atom. The number of aromatic nitrogens is 1. The van der Waals surface area contributed by atoms with E-state index in [0.29, 0.717) is 29.3 Å². The molecule has 0 atom stereocenters. The van der Waals surface area contributed by atoms with Gasteiger partial charge in [0.05, 0.1) is 5.56 Å². The summed E-state index contributed by atoms with van der Waals surface area (Å²) in [5.41, 5.74) is 1.38. The van der Waals surface area contributed by atoms with E-state index >= 15 is 0 Å². The van der Waals surface area contributed by atoms with Gasteiger partial charge in [0.1, 0.15) is 0 Å². The molecule has 0 saturated heterocycles. The lowest BCUT2D eigenvalue weighted by Gasteiger charge is -2.09. The molecule has 2 rings (SSSR count). The van der Waals surface area contributed by atoms with Crippen LogP contribution in [0.3, 0.4) is 0 Å². The van der Waals surface area contributed by atoms with Crippen LogP contribution in [-0.2, 0) is 4.79 Å². The normalized spacial score (nSPS) is 10.4. The molecule has 1 heterocycles. The molecule has 120 valence electrons. The Morgan fingerprint density at radius 3 is 2.13 bits per heavy atom. The van der Waals surface area contributed by atoms with E-state index in [2.05, 4.69) is 15.6 Å². The van der Waals surface area contributed by atoms with E-state index in [1.807, 2.05) is 13.8 Å². The summed E-state index contributed by atoms with van der Waals surface area (Å²) < 4.78 is 0. The first-order valence-electron chi connectivity index (χ1n) is 7.34. The number of aromatic amines is 1. The molecule has 2 aromatic rings. The Balaban J connectivity index is 1.97. The van der Waals surface area contributed by atoms with Crippen LogP contribution in [0.4, 0.5) is 11.4 Å². The second-order valence-corrected chi connectivity index (χ2v) is 5.62. The topological polar surface area (TPSA) is 91.1 Å². The number of carbonyl (C=O) groups is 2. The monoisotopic (exact) mass is 313 g/mol. The predicted octanol–water partition coefficient (Wildman–Crippen LogP) is 2.61. The van der Waals surface area contributed by atoms with Crippen LogP contribution in [0.2, 0.25) is 0 Å². The number of rotatable bonds is 5. The lowest BCUT2D eigenvalue weighted by Crippen LogP contribution is -2.15. The number of carbonyl (C=O) groups excluding carboxylic acids is 2. The van der Waals surface area contributed by atoms with E-state index in [-0.39, 0.29) is 17.4 Å². The Morgan fingerprint density at radius 1 is 1.00 bits per heavy atom. The van der Waals surface area contributed by atoms with E-state index in [4.69, 9.17) is 0 Å². The fourth-order valence-corrected chi connectivity index (χ4v) is 1.97. The van der Waals surface area contributed by atoms with E-state index in [0.717, 1.165) is 0 Å². The fraction of sp³-hybridized carbons (Fsp3) is 0.235. The molecule has 0 aliphatic carbocycles. The Kier molecular flexibility index (Phi) is 5.30. The summed E-state index contributed by atoms with van der Waals surface area (Å²) >= 11 is 0. The second-order valence-electron chi connectivity index (χ2n) is 5.62. The largest absolute Gasteiger partial charge is 0.328 e. The van der Waals surface area contributed by atoms with Crippen LogP contribution in [0.1, 0.15) is 30.6 Å². The maximum absolute atomic E-state index is 12.0. The van der Waals surface area contributed by atoms with Crippen molar-refractivity contribution in [2.45, 2.75) is 20.3 Å². The van der Waals surface area contributed by atoms with Crippen LogP contribution < -0.4 is 16.2 Å². The van der Waals surface area contributed by atoms with Crippen LogP contribution in [0.5, 0.6) is 0 Å². The molecule has 6 nitrogen and oxygen atoms in total. The van der Waals surface area contributed by atoms with Crippen molar-refractivity contribution in [2.75, 3.05) is 10.6 Å². The summed E-state index contributed by atoms with van der Waals surface area (Å²) in [5.74, 6) is -0.0613. The van der Waals surface area contributed by atoms with Gasteiger partial charge < -0.3 is 15.6 Å². The van der Waals surface area contributed by atoms with E-state index in [1.54, 1.807) is 24.3 Å². The summed E-state index contributed by atoms with van der Waals surface area (Å²) in [4.78, 5) is 37.1. The molecule has 0 saturated carbocycles. The third-order valence-electron chi connectivity index (χ3n) is 3.07. The molecule has 23 heavy (non-hydrogen) atoms. The molecule has 1 aromatic heterocycles. The third-order valence-corrected chi connectivity index (χ3v) is 3.07. The SMILES string of the molecule is CC(C)CC(=O)Nc1ccc(NC(=O)c2ccc(=O)[nH]c2)cc1. The summed E-state index contributed by atoms with van der Waals surface area (Å²) in [7, 11) is 0. The molecule has 2 amide bonds. The maximum atomic E-state index is 12.0. The number of nitrogens with one attached hydrogen (secondary N) is 3. The molecule has 0 aliphatic rings. The van der Waals surface area contributed by atoms with Gasteiger partial charge in [-0.2, -0.15) is 0 Å². The summed E-state index contributed by atoms with van der Waals surface area (Å²) in [6, 6.07) is 9.60. The van der Waals surface area contributed by atoms with Crippen molar-refractivity contribution < 1.29 is 9.59 Å². The lowest BCUT2D eigenvalue weighted by molar-refractivity contribution is -0.116. The number of hydrogen-bond donors (Lipinski definition) is 3. The highest BCUT2D eigenvalue weighted by Crippen LogP contribution is 2.15. The Hall–Kier alpha value is -2.89. The van der Waals surface area contributed by atoms with Crippen LogP contribution in [0, 0.1) is 5.92 Å². The van der Waals surface area contributed by atoms with E-state index < -0.39 is 0 Å². The third kappa shape index (κ3) is 5.10. The minimum Gasteiger partial charge on any atom is -0.328 e. The number of amides is 2. The van der Waals surface area contributed by atoms with Crippen molar-refractivity contribution in [3.63, 3.8) is 0 Å².